The number of ether oxygens (including phenoxy) is 1. The van der Waals surface area contributed by atoms with Crippen LogP contribution in [-0.4, -0.2) is 22.8 Å². The van der Waals surface area contributed by atoms with Crippen LogP contribution in [0.3, 0.4) is 0 Å². The number of halogens is 2. The maximum absolute atomic E-state index is 14.7. The molecule has 0 fully saturated rings. The SMILES string of the molecule is CCCSNc1ccc(F)c(Cc2c[nH]c3ncc(OC)cc23)c1F. The van der Waals surface area contributed by atoms with Crippen LogP contribution in [0.1, 0.15) is 24.5 Å². The van der Waals surface area contributed by atoms with Gasteiger partial charge in [-0.2, -0.15) is 0 Å². The van der Waals surface area contributed by atoms with E-state index in [4.69, 9.17) is 4.74 Å². The molecule has 25 heavy (non-hydrogen) atoms. The Morgan fingerprint density at radius 2 is 2.16 bits per heavy atom. The molecule has 2 aromatic heterocycles. The smallest absolute Gasteiger partial charge is 0.153 e. The minimum atomic E-state index is -0.561. The summed E-state index contributed by atoms with van der Waals surface area (Å²) < 4.78 is 37.1. The number of nitrogens with zero attached hydrogens (tertiary/aromatic N) is 1. The molecule has 132 valence electrons. The summed E-state index contributed by atoms with van der Waals surface area (Å²) in [6, 6.07) is 4.53. The van der Waals surface area contributed by atoms with E-state index in [-0.39, 0.29) is 12.0 Å². The molecular weight excluding hydrogens is 344 g/mol. The summed E-state index contributed by atoms with van der Waals surface area (Å²) in [5.74, 6) is 0.322. The van der Waals surface area contributed by atoms with Crippen molar-refractivity contribution in [2.45, 2.75) is 19.8 Å². The van der Waals surface area contributed by atoms with Crippen molar-refractivity contribution < 1.29 is 13.5 Å². The van der Waals surface area contributed by atoms with E-state index < -0.39 is 11.6 Å². The van der Waals surface area contributed by atoms with Crippen molar-refractivity contribution in [3.63, 3.8) is 0 Å². The fourth-order valence-corrected chi connectivity index (χ4v) is 3.18. The summed E-state index contributed by atoms with van der Waals surface area (Å²) in [7, 11) is 1.55. The molecule has 0 spiro atoms. The lowest BCUT2D eigenvalue weighted by molar-refractivity contribution is 0.413. The number of hydrogen-bond donors (Lipinski definition) is 2. The number of H-pyrrole nitrogens is 1. The molecule has 1 aromatic carbocycles. The molecule has 0 unspecified atom stereocenters. The minimum Gasteiger partial charge on any atom is -0.495 e. The Morgan fingerprint density at radius 1 is 1.32 bits per heavy atom. The molecule has 2 N–H and O–H groups in total. The number of aromatic nitrogens is 2. The van der Waals surface area contributed by atoms with Gasteiger partial charge in [-0.3, -0.25) is 0 Å². The van der Waals surface area contributed by atoms with Gasteiger partial charge in [-0.1, -0.05) is 18.9 Å². The van der Waals surface area contributed by atoms with E-state index >= 15 is 0 Å². The van der Waals surface area contributed by atoms with Gasteiger partial charge in [-0.05, 0) is 30.2 Å². The lowest BCUT2D eigenvalue weighted by Crippen LogP contribution is -2.01. The first-order valence-corrected chi connectivity index (χ1v) is 8.97. The summed E-state index contributed by atoms with van der Waals surface area (Å²) in [6.45, 7) is 2.04. The highest BCUT2D eigenvalue weighted by Gasteiger charge is 2.16. The van der Waals surface area contributed by atoms with E-state index in [9.17, 15) is 8.78 Å². The molecule has 0 aliphatic rings. The first-order valence-electron chi connectivity index (χ1n) is 7.98. The van der Waals surface area contributed by atoms with Crippen molar-refractivity contribution in [1.82, 2.24) is 9.97 Å². The van der Waals surface area contributed by atoms with Gasteiger partial charge in [0.05, 0.1) is 19.0 Å². The Bertz CT molecular complexity index is 882. The summed E-state index contributed by atoms with van der Waals surface area (Å²) >= 11 is 1.41. The molecule has 7 heteroatoms. The molecular formula is C18H19F2N3OS. The Kier molecular flexibility index (Phi) is 5.43. The van der Waals surface area contributed by atoms with Gasteiger partial charge in [0.1, 0.15) is 17.2 Å². The molecule has 0 bridgehead atoms. The zero-order valence-corrected chi connectivity index (χ0v) is 14.8. The topological polar surface area (TPSA) is 49.9 Å². The van der Waals surface area contributed by atoms with Gasteiger partial charge in [-0.25, -0.2) is 13.8 Å². The summed E-state index contributed by atoms with van der Waals surface area (Å²) in [6.07, 6.45) is 4.42. The third-order valence-electron chi connectivity index (χ3n) is 3.87. The highest BCUT2D eigenvalue weighted by Crippen LogP contribution is 2.29. The average molecular weight is 363 g/mol. The Labute approximate surface area is 149 Å². The van der Waals surface area contributed by atoms with Gasteiger partial charge in [-0.15, -0.1) is 0 Å². The minimum absolute atomic E-state index is 0.0332. The van der Waals surface area contributed by atoms with Crippen LogP contribution in [0.15, 0.2) is 30.6 Å². The van der Waals surface area contributed by atoms with Crippen LogP contribution in [-0.2, 0) is 6.42 Å². The molecule has 0 saturated carbocycles. The predicted molar refractivity (Wildman–Crippen MR) is 98.2 cm³/mol. The van der Waals surface area contributed by atoms with E-state index in [2.05, 4.69) is 14.7 Å². The van der Waals surface area contributed by atoms with Crippen molar-refractivity contribution in [2.75, 3.05) is 17.6 Å². The largest absolute Gasteiger partial charge is 0.495 e. The highest BCUT2D eigenvalue weighted by atomic mass is 32.2. The van der Waals surface area contributed by atoms with Crippen molar-refractivity contribution in [2.24, 2.45) is 0 Å². The van der Waals surface area contributed by atoms with Crippen LogP contribution >= 0.6 is 11.9 Å². The van der Waals surface area contributed by atoms with Crippen molar-refractivity contribution in [3.05, 3.63) is 53.4 Å². The fraction of sp³-hybridized carbons (Fsp3) is 0.278. The summed E-state index contributed by atoms with van der Waals surface area (Å²) in [5.41, 5.74) is 1.75. The van der Waals surface area contributed by atoms with Crippen LogP contribution in [0.2, 0.25) is 0 Å². The summed E-state index contributed by atoms with van der Waals surface area (Å²) in [5, 5.41) is 0.789. The molecule has 0 aliphatic carbocycles. The number of hydrogen-bond acceptors (Lipinski definition) is 4. The Morgan fingerprint density at radius 3 is 2.92 bits per heavy atom. The van der Waals surface area contributed by atoms with Crippen molar-refractivity contribution in [1.29, 1.82) is 0 Å². The molecule has 0 saturated heterocycles. The second-order valence-electron chi connectivity index (χ2n) is 5.60. The van der Waals surface area contributed by atoms with Gasteiger partial charge in [0.2, 0.25) is 0 Å². The number of rotatable bonds is 7. The molecule has 2 heterocycles. The molecule has 0 amide bonds. The van der Waals surface area contributed by atoms with E-state index in [1.54, 1.807) is 19.5 Å². The maximum atomic E-state index is 14.7. The quantitative estimate of drug-likeness (QED) is 0.462. The number of benzene rings is 1. The fourth-order valence-electron chi connectivity index (χ4n) is 2.56. The van der Waals surface area contributed by atoms with Gasteiger partial charge in [0.15, 0.2) is 5.82 Å². The Hall–Kier alpha value is -2.28. The van der Waals surface area contributed by atoms with Crippen molar-refractivity contribution >= 4 is 28.7 Å². The molecule has 3 aromatic rings. The number of fused-ring (bicyclic) bond motifs is 1. The van der Waals surface area contributed by atoms with Gasteiger partial charge in [0, 0.05) is 29.3 Å². The van der Waals surface area contributed by atoms with Crippen LogP contribution in [0, 0.1) is 11.6 Å². The standard InChI is InChI=1S/C18H19F2N3OS/c1-3-6-25-23-16-5-4-15(19)14(17(16)20)7-11-9-21-18-13(11)8-12(24-2)10-22-18/h4-5,8-10,23H,3,6-7H2,1-2H3,(H,21,22). The number of aromatic amines is 1. The second kappa shape index (κ2) is 7.74. The number of pyridine rings is 1. The zero-order chi connectivity index (χ0) is 17.8. The van der Waals surface area contributed by atoms with Gasteiger partial charge in [0.25, 0.3) is 0 Å². The first kappa shape index (κ1) is 17.5. The third kappa shape index (κ3) is 3.71. The highest BCUT2D eigenvalue weighted by molar-refractivity contribution is 8.00. The van der Waals surface area contributed by atoms with Crippen molar-refractivity contribution in [3.8, 4) is 5.75 Å². The molecule has 3 rings (SSSR count). The number of nitrogens with one attached hydrogen (secondary N) is 2. The first-order chi connectivity index (χ1) is 12.1. The molecule has 0 radical (unpaired) electrons. The third-order valence-corrected chi connectivity index (χ3v) is 4.85. The maximum Gasteiger partial charge on any atom is 0.153 e. The van der Waals surface area contributed by atoms with E-state index in [1.165, 1.54) is 24.1 Å². The molecule has 0 atom stereocenters. The van der Waals surface area contributed by atoms with Crippen LogP contribution < -0.4 is 9.46 Å². The second-order valence-corrected chi connectivity index (χ2v) is 6.50. The average Bonchev–Trinajstić information content (AvgIpc) is 3.02. The zero-order valence-electron chi connectivity index (χ0n) is 14.0. The van der Waals surface area contributed by atoms with E-state index in [1.807, 2.05) is 13.0 Å². The lowest BCUT2D eigenvalue weighted by atomic mass is 10.0. The van der Waals surface area contributed by atoms with Gasteiger partial charge < -0.3 is 14.4 Å². The monoisotopic (exact) mass is 363 g/mol. The summed E-state index contributed by atoms with van der Waals surface area (Å²) in [4.78, 5) is 7.27. The Balaban J connectivity index is 1.93. The van der Waals surface area contributed by atoms with E-state index in [0.29, 0.717) is 17.1 Å². The molecule has 0 aliphatic heterocycles. The van der Waals surface area contributed by atoms with Crippen LogP contribution in [0.4, 0.5) is 14.5 Å². The molecule has 4 nitrogen and oxygen atoms in total. The van der Waals surface area contributed by atoms with Crippen LogP contribution in [0.25, 0.3) is 11.0 Å². The predicted octanol–water partition coefficient (Wildman–Crippen LogP) is 4.91. The number of methoxy groups -OCH3 is 1. The lowest BCUT2D eigenvalue weighted by Gasteiger charge is -2.11. The number of anilines is 1. The van der Waals surface area contributed by atoms with E-state index in [0.717, 1.165) is 23.1 Å². The van der Waals surface area contributed by atoms with Crippen LogP contribution in [0.5, 0.6) is 5.75 Å². The van der Waals surface area contributed by atoms with Gasteiger partial charge >= 0.3 is 0 Å². The normalized spacial score (nSPS) is 11.0.